The Hall–Kier alpha value is -2.96. The molecule has 1 aromatic rings. The highest BCUT2D eigenvalue weighted by molar-refractivity contribution is 6.07. The van der Waals surface area contributed by atoms with Gasteiger partial charge in [0.1, 0.15) is 0 Å². The molecular weight excluding hydrogens is 382 g/mol. The zero-order chi connectivity index (χ0) is 22.2. The first kappa shape index (κ1) is 21.7. The lowest BCUT2D eigenvalue weighted by atomic mass is 9.67. The van der Waals surface area contributed by atoms with E-state index in [1.807, 2.05) is 34.6 Å². The molecule has 1 unspecified atom stereocenters. The highest BCUT2D eigenvalue weighted by Gasteiger charge is 2.46. The van der Waals surface area contributed by atoms with Crippen molar-refractivity contribution in [2.75, 3.05) is 13.1 Å². The van der Waals surface area contributed by atoms with Crippen molar-refractivity contribution in [2.45, 2.75) is 53.4 Å². The minimum absolute atomic E-state index is 0.0586. The average molecular weight is 412 g/mol. The molecule has 3 rings (SSSR count). The Morgan fingerprint density at radius 1 is 1.27 bits per heavy atom. The van der Waals surface area contributed by atoms with Crippen LogP contribution in [0, 0.1) is 15.5 Å². The number of dihydropyridines is 1. The van der Waals surface area contributed by atoms with Crippen molar-refractivity contribution in [3.05, 3.63) is 62.5 Å². The highest BCUT2D eigenvalue weighted by Crippen LogP contribution is 2.48. The summed E-state index contributed by atoms with van der Waals surface area (Å²) >= 11 is 0. The van der Waals surface area contributed by atoms with Gasteiger partial charge in [0.05, 0.1) is 10.8 Å². The standard InChI is InChI=1S/C23H29N3O4/c1-6-25(7-2)22(28)18-14(3)24-16-12-13-23(4,5)21(27)20(16)19(18)15-10-8-9-11-17(15)26(29)30/h8-11,19,24H,6-7,12-13H2,1-5H3. The largest absolute Gasteiger partial charge is 0.362 e. The van der Waals surface area contributed by atoms with Crippen LogP contribution in [0.25, 0.3) is 0 Å². The molecule has 0 radical (unpaired) electrons. The molecule has 0 bridgehead atoms. The van der Waals surface area contributed by atoms with Gasteiger partial charge in [-0.05, 0) is 33.6 Å². The lowest BCUT2D eigenvalue weighted by Crippen LogP contribution is -2.43. The monoisotopic (exact) mass is 411 g/mol. The Kier molecular flexibility index (Phi) is 5.83. The van der Waals surface area contributed by atoms with Crippen LogP contribution in [-0.4, -0.2) is 34.6 Å². The maximum atomic E-state index is 13.5. The van der Waals surface area contributed by atoms with Gasteiger partial charge in [0, 0.05) is 52.7 Å². The van der Waals surface area contributed by atoms with Gasteiger partial charge in [-0.1, -0.05) is 32.0 Å². The summed E-state index contributed by atoms with van der Waals surface area (Å²) in [5.41, 5.74) is 2.05. The number of likely N-dealkylation sites (N-methyl/N-ethyl adjacent to an activating group) is 1. The Labute approximate surface area is 177 Å². The third kappa shape index (κ3) is 3.53. The number of hydrogen-bond donors (Lipinski definition) is 1. The van der Waals surface area contributed by atoms with Crippen molar-refractivity contribution in [1.82, 2.24) is 10.2 Å². The summed E-state index contributed by atoms with van der Waals surface area (Å²) in [5, 5.41) is 15.1. The summed E-state index contributed by atoms with van der Waals surface area (Å²) in [6, 6.07) is 6.42. The number of nitrogens with zero attached hydrogens (tertiary/aromatic N) is 2. The molecule has 0 saturated heterocycles. The fourth-order valence-corrected chi connectivity index (χ4v) is 4.45. The molecule has 2 aliphatic rings. The molecule has 1 amide bonds. The summed E-state index contributed by atoms with van der Waals surface area (Å²) in [6.45, 7) is 10.4. The number of para-hydroxylation sites is 1. The number of allylic oxidation sites excluding steroid dienone is 3. The molecule has 1 N–H and O–H groups in total. The van der Waals surface area contributed by atoms with E-state index in [1.54, 1.807) is 23.1 Å². The van der Waals surface area contributed by atoms with E-state index >= 15 is 0 Å². The van der Waals surface area contributed by atoms with E-state index in [1.165, 1.54) is 6.07 Å². The van der Waals surface area contributed by atoms with E-state index in [0.717, 1.165) is 5.70 Å². The molecule has 1 aromatic carbocycles. The first-order valence-electron chi connectivity index (χ1n) is 10.4. The van der Waals surface area contributed by atoms with Crippen molar-refractivity contribution in [3.63, 3.8) is 0 Å². The molecule has 0 fully saturated rings. The number of hydrogen-bond acceptors (Lipinski definition) is 5. The predicted octanol–water partition coefficient (Wildman–Crippen LogP) is 4.07. The van der Waals surface area contributed by atoms with E-state index in [2.05, 4.69) is 5.32 Å². The van der Waals surface area contributed by atoms with Crippen LogP contribution in [0.3, 0.4) is 0 Å². The SMILES string of the molecule is CCN(CC)C(=O)C1=C(C)NC2=C(C(=O)C(C)(C)CC2)C1c1ccccc1[N+](=O)[O-]. The Morgan fingerprint density at radius 3 is 2.50 bits per heavy atom. The Balaban J connectivity index is 2.29. The van der Waals surface area contributed by atoms with Crippen molar-refractivity contribution >= 4 is 17.4 Å². The van der Waals surface area contributed by atoms with Crippen molar-refractivity contribution in [3.8, 4) is 0 Å². The Morgan fingerprint density at radius 2 is 1.90 bits per heavy atom. The Bertz CT molecular complexity index is 970. The second-order valence-corrected chi connectivity index (χ2v) is 8.50. The summed E-state index contributed by atoms with van der Waals surface area (Å²) in [6.07, 6.45) is 1.35. The minimum atomic E-state index is -0.761. The zero-order valence-corrected chi connectivity index (χ0v) is 18.2. The number of carbonyl (C=O) groups is 2. The molecule has 0 aromatic heterocycles. The van der Waals surface area contributed by atoms with Gasteiger partial charge in [-0.3, -0.25) is 19.7 Å². The van der Waals surface area contributed by atoms with Crippen LogP contribution in [0.4, 0.5) is 5.69 Å². The molecule has 1 aliphatic carbocycles. The number of Topliss-reactive ketones (excluding diaryl/α,β-unsaturated/α-hetero) is 1. The normalized spacial score (nSPS) is 20.6. The molecule has 7 heteroatoms. The van der Waals surface area contributed by atoms with Gasteiger partial charge in [0.2, 0.25) is 0 Å². The number of nitro groups is 1. The molecule has 0 saturated carbocycles. The van der Waals surface area contributed by atoms with Gasteiger partial charge in [0.25, 0.3) is 11.6 Å². The summed E-state index contributed by atoms with van der Waals surface area (Å²) in [7, 11) is 0. The molecule has 30 heavy (non-hydrogen) atoms. The van der Waals surface area contributed by atoms with Gasteiger partial charge in [0.15, 0.2) is 5.78 Å². The molecule has 0 spiro atoms. The van der Waals surface area contributed by atoms with E-state index < -0.39 is 16.3 Å². The first-order valence-corrected chi connectivity index (χ1v) is 10.4. The van der Waals surface area contributed by atoms with Crippen LogP contribution in [0.5, 0.6) is 0 Å². The lowest BCUT2D eigenvalue weighted by Gasteiger charge is -2.40. The molecule has 1 atom stereocenters. The predicted molar refractivity (Wildman–Crippen MR) is 115 cm³/mol. The van der Waals surface area contributed by atoms with Crippen molar-refractivity contribution in [1.29, 1.82) is 0 Å². The van der Waals surface area contributed by atoms with Crippen molar-refractivity contribution in [2.24, 2.45) is 5.41 Å². The lowest BCUT2D eigenvalue weighted by molar-refractivity contribution is -0.385. The second kappa shape index (κ2) is 8.05. The van der Waals surface area contributed by atoms with Crippen LogP contribution in [0.1, 0.15) is 58.9 Å². The minimum Gasteiger partial charge on any atom is -0.362 e. The third-order valence-electron chi connectivity index (χ3n) is 6.23. The van der Waals surface area contributed by atoms with E-state index in [4.69, 9.17) is 0 Å². The maximum absolute atomic E-state index is 13.5. The van der Waals surface area contributed by atoms with E-state index in [9.17, 15) is 19.7 Å². The summed E-state index contributed by atoms with van der Waals surface area (Å²) in [5.74, 6) is -1.02. The first-order chi connectivity index (χ1) is 14.1. The third-order valence-corrected chi connectivity index (χ3v) is 6.23. The average Bonchev–Trinajstić information content (AvgIpc) is 2.71. The topological polar surface area (TPSA) is 92.6 Å². The van der Waals surface area contributed by atoms with Crippen LogP contribution in [-0.2, 0) is 9.59 Å². The second-order valence-electron chi connectivity index (χ2n) is 8.50. The number of benzene rings is 1. The van der Waals surface area contributed by atoms with Gasteiger partial charge in [-0.15, -0.1) is 0 Å². The number of ketones is 1. The smallest absolute Gasteiger partial charge is 0.273 e. The van der Waals surface area contributed by atoms with Crippen LogP contribution in [0.15, 0.2) is 46.8 Å². The number of carbonyl (C=O) groups excluding carboxylic acids is 2. The molecule has 7 nitrogen and oxygen atoms in total. The number of nitrogens with one attached hydrogen (secondary N) is 1. The summed E-state index contributed by atoms with van der Waals surface area (Å²) < 4.78 is 0. The quantitative estimate of drug-likeness (QED) is 0.582. The van der Waals surface area contributed by atoms with Gasteiger partial charge < -0.3 is 10.2 Å². The zero-order valence-electron chi connectivity index (χ0n) is 18.2. The van der Waals surface area contributed by atoms with Crippen LogP contribution < -0.4 is 5.32 Å². The van der Waals surface area contributed by atoms with Crippen LogP contribution >= 0.6 is 0 Å². The van der Waals surface area contributed by atoms with Crippen molar-refractivity contribution < 1.29 is 14.5 Å². The van der Waals surface area contributed by atoms with Gasteiger partial charge in [-0.25, -0.2) is 0 Å². The maximum Gasteiger partial charge on any atom is 0.273 e. The highest BCUT2D eigenvalue weighted by atomic mass is 16.6. The fourth-order valence-electron chi connectivity index (χ4n) is 4.45. The van der Waals surface area contributed by atoms with Crippen LogP contribution in [0.2, 0.25) is 0 Å². The van der Waals surface area contributed by atoms with Gasteiger partial charge in [-0.2, -0.15) is 0 Å². The fraction of sp³-hybridized carbons (Fsp3) is 0.478. The van der Waals surface area contributed by atoms with Gasteiger partial charge >= 0.3 is 0 Å². The molecule has 160 valence electrons. The summed E-state index contributed by atoms with van der Waals surface area (Å²) in [4.78, 5) is 40.1. The number of nitro benzene ring substituents is 1. The molecule has 1 heterocycles. The molecular formula is C23H29N3O4. The number of rotatable bonds is 5. The van der Waals surface area contributed by atoms with E-state index in [-0.39, 0.29) is 17.4 Å². The number of amides is 1. The van der Waals surface area contributed by atoms with E-state index in [0.29, 0.717) is 48.3 Å². The molecule has 1 aliphatic heterocycles.